The van der Waals surface area contributed by atoms with Crippen LogP contribution in [0.4, 0.5) is 0 Å². The van der Waals surface area contributed by atoms with Gasteiger partial charge in [0.2, 0.25) is 0 Å². The molecule has 0 amide bonds. The lowest BCUT2D eigenvalue weighted by Gasteiger charge is -2.31. The van der Waals surface area contributed by atoms with Gasteiger partial charge in [0, 0.05) is 6.42 Å². The Morgan fingerprint density at radius 3 is 2.07 bits per heavy atom. The van der Waals surface area contributed by atoms with Crippen LogP contribution in [0.3, 0.4) is 0 Å². The van der Waals surface area contributed by atoms with Gasteiger partial charge in [-0.05, 0) is 13.3 Å². The standard InChI is InChI=1S/C12H22O3/c1-5-8-14-12(4,15-9-6-2)10-11(13)7-3/h5-6,11,13H,1-2,7-10H2,3-4H3. The number of aliphatic hydroxyl groups is 1. The zero-order valence-corrected chi connectivity index (χ0v) is 9.74. The average Bonchev–Trinajstić information content (AvgIpc) is 2.23. The Morgan fingerprint density at radius 1 is 1.27 bits per heavy atom. The van der Waals surface area contributed by atoms with E-state index in [1.165, 1.54) is 0 Å². The highest BCUT2D eigenvalue weighted by Crippen LogP contribution is 2.21. The molecular weight excluding hydrogens is 192 g/mol. The molecule has 15 heavy (non-hydrogen) atoms. The Labute approximate surface area is 92.4 Å². The van der Waals surface area contributed by atoms with E-state index in [0.29, 0.717) is 26.1 Å². The topological polar surface area (TPSA) is 38.7 Å². The number of hydrogen-bond donors (Lipinski definition) is 1. The molecule has 1 N–H and O–H groups in total. The molecule has 0 saturated carbocycles. The van der Waals surface area contributed by atoms with Crippen LogP contribution in [0.15, 0.2) is 25.3 Å². The van der Waals surface area contributed by atoms with E-state index in [2.05, 4.69) is 13.2 Å². The van der Waals surface area contributed by atoms with Crippen LogP contribution in [-0.2, 0) is 9.47 Å². The van der Waals surface area contributed by atoms with Crippen molar-refractivity contribution in [3.63, 3.8) is 0 Å². The van der Waals surface area contributed by atoms with Crippen molar-refractivity contribution in [1.82, 2.24) is 0 Å². The summed E-state index contributed by atoms with van der Waals surface area (Å²) in [6.45, 7) is 11.7. The lowest BCUT2D eigenvalue weighted by atomic mass is 10.1. The zero-order valence-electron chi connectivity index (χ0n) is 9.74. The minimum atomic E-state index is -0.766. The molecule has 0 bridgehead atoms. The third-order valence-electron chi connectivity index (χ3n) is 2.09. The fraction of sp³-hybridized carbons (Fsp3) is 0.667. The first kappa shape index (κ1) is 14.4. The van der Waals surface area contributed by atoms with Gasteiger partial charge in [-0.1, -0.05) is 19.1 Å². The van der Waals surface area contributed by atoms with Crippen molar-refractivity contribution in [2.24, 2.45) is 0 Å². The predicted octanol–water partition coefficient (Wildman–Crippen LogP) is 2.27. The number of hydrogen-bond acceptors (Lipinski definition) is 3. The fourth-order valence-electron chi connectivity index (χ4n) is 1.20. The van der Waals surface area contributed by atoms with Gasteiger partial charge < -0.3 is 14.6 Å². The Bertz CT molecular complexity index is 177. The molecule has 0 aromatic heterocycles. The van der Waals surface area contributed by atoms with Crippen molar-refractivity contribution in [1.29, 1.82) is 0 Å². The van der Waals surface area contributed by atoms with Gasteiger partial charge in [-0.3, -0.25) is 0 Å². The van der Waals surface area contributed by atoms with E-state index < -0.39 is 11.9 Å². The molecule has 0 radical (unpaired) electrons. The number of rotatable bonds is 9. The highest BCUT2D eigenvalue weighted by molar-refractivity contribution is 4.75. The molecule has 0 fully saturated rings. The third-order valence-corrected chi connectivity index (χ3v) is 2.09. The van der Waals surface area contributed by atoms with Gasteiger partial charge in [0.1, 0.15) is 0 Å². The normalized spacial score (nSPS) is 13.5. The van der Waals surface area contributed by atoms with E-state index in [1.54, 1.807) is 12.2 Å². The summed E-state index contributed by atoms with van der Waals surface area (Å²) in [7, 11) is 0. The fourth-order valence-corrected chi connectivity index (χ4v) is 1.20. The summed E-state index contributed by atoms with van der Waals surface area (Å²) in [4.78, 5) is 0. The first-order valence-electron chi connectivity index (χ1n) is 5.25. The molecule has 0 aliphatic rings. The van der Waals surface area contributed by atoms with Gasteiger partial charge in [-0.15, -0.1) is 13.2 Å². The van der Waals surface area contributed by atoms with Crippen LogP contribution in [0, 0.1) is 0 Å². The summed E-state index contributed by atoms with van der Waals surface area (Å²) in [5, 5.41) is 9.58. The largest absolute Gasteiger partial charge is 0.393 e. The van der Waals surface area contributed by atoms with Crippen molar-refractivity contribution >= 4 is 0 Å². The van der Waals surface area contributed by atoms with Crippen LogP contribution in [-0.4, -0.2) is 30.2 Å². The first-order chi connectivity index (χ1) is 7.08. The monoisotopic (exact) mass is 214 g/mol. The molecule has 3 nitrogen and oxygen atoms in total. The summed E-state index contributed by atoms with van der Waals surface area (Å²) < 4.78 is 11.0. The lowest BCUT2D eigenvalue weighted by Crippen LogP contribution is -2.36. The maximum Gasteiger partial charge on any atom is 0.168 e. The molecule has 0 aliphatic heterocycles. The minimum Gasteiger partial charge on any atom is -0.393 e. The Kier molecular flexibility index (Phi) is 7.30. The molecule has 0 spiro atoms. The van der Waals surface area contributed by atoms with Crippen LogP contribution in [0.5, 0.6) is 0 Å². The molecular formula is C12H22O3. The number of aliphatic hydroxyl groups excluding tert-OH is 1. The molecule has 0 aromatic rings. The highest BCUT2D eigenvalue weighted by Gasteiger charge is 2.28. The summed E-state index contributed by atoms with van der Waals surface area (Å²) >= 11 is 0. The zero-order chi connectivity index (χ0) is 11.7. The second kappa shape index (κ2) is 7.63. The van der Waals surface area contributed by atoms with E-state index in [0.717, 1.165) is 0 Å². The van der Waals surface area contributed by atoms with Gasteiger partial charge in [0.15, 0.2) is 5.79 Å². The van der Waals surface area contributed by atoms with Crippen molar-refractivity contribution in [2.75, 3.05) is 13.2 Å². The summed E-state index contributed by atoms with van der Waals surface area (Å²) in [6.07, 6.45) is 4.04. The van der Waals surface area contributed by atoms with Gasteiger partial charge >= 0.3 is 0 Å². The van der Waals surface area contributed by atoms with Gasteiger partial charge in [-0.2, -0.15) is 0 Å². The Hall–Kier alpha value is -0.640. The smallest absolute Gasteiger partial charge is 0.168 e. The van der Waals surface area contributed by atoms with Crippen LogP contribution in [0.1, 0.15) is 26.7 Å². The lowest BCUT2D eigenvalue weighted by molar-refractivity contribution is -0.227. The predicted molar refractivity (Wildman–Crippen MR) is 61.6 cm³/mol. The third kappa shape index (κ3) is 6.44. The van der Waals surface area contributed by atoms with Crippen LogP contribution < -0.4 is 0 Å². The van der Waals surface area contributed by atoms with Gasteiger partial charge in [-0.25, -0.2) is 0 Å². The quantitative estimate of drug-likeness (QED) is 0.472. The van der Waals surface area contributed by atoms with E-state index in [1.807, 2.05) is 13.8 Å². The van der Waals surface area contributed by atoms with Gasteiger partial charge in [0.25, 0.3) is 0 Å². The van der Waals surface area contributed by atoms with Crippen LogP contribution in [0.2, 0.25) is 0 Å². The molecule has 3 heteroatoms. The molecule has 1 atom stereocenters. The minimum absolute atomic E-state index is 0.407. The van der Waals surface area contributed by atoms with E-state index >= 15 is 0 Å². The van der Waals surface area contributed by atoms with Crippen molar-refractivity contribution in [3.05, 3.63) is 25.3 Å². The number of ether oxygens (including phenoxy) is 2. The first-order valence-corrected chi connectivity index (χ1v) is 5.25. The molecule has 1 unspecified atom stereocenters. The van der Waals surface area contributed by atoms with Crippen molar-refractivity contribution < 1.29 is 14.6 Å². The second-order valence-electron chi connectivity index (χ2n) is 3.60. The molecule has 0 heterocycles. The highest BCUT2D eigenvalue weighted by atomic mass is 16.7. The molecule has 0 rings (SSSR count). The maximum atomic E-state index is 9.58. The second-order valence-corrected chi connectivity index (χ2v) is 3.60. The summed E-state index contributed by atoms with van der Waals surface area (Å²) in [6, 6.07) is 0. The average molecular weight is 214 g/mol. The Morgan fingerprint density at radius 2 is 1.73 bits per heavy atom. The molecule has 88 valence electrons. The maximum absolute atomic E-state index is 9.58. The molecule has 0 aromatic carbocycles. The van der Waals surface area contributed by atoms with Crippen molar-refractivity contribution in [3.8, 4) is 0 Å². The summed E-state index contributed by atoms with van der Waals surface area (Å²) in [5.74, 6) is -0.766. The van der Waals surface area contributed by atoms with E-state index in [9.17, 15) is 5.11 Å². The molecule has 0 aliphatic carbocycles. The van der Waals surface area contributed by atoms with Crippen LogP contribution in [0.25, 0.3) is 0 Å². The summed E-state index contributed by atoms with van der Waals surface area (Å²) in [5.41, 5.74) is 0. The Balaban J connectivity index is 4.23. The molecule has 0 saturated heterocycles. The SMILES string of the molecule is C=CCOC(C)(CC(O)CC)OCC=C. The van der Waals surface area contributed by atoms with Crippen LogP contribution >= 0.6 is 0 Å². The van der Waals surface area contributed by atoms with E-state index in [-0.39, 0.29) is 0 Å². The van der Waals surface area contributed by atoms with Crippen molar-refractivity contribution in [2.45, 2.75) is 38.6 Å². The van der Waals surface area contributed by atoms with Gasteiger partial charge in [0.05, 0.1) is 19.3 Å². The van der Waals surface area contributed by atoms with E-state index in [4.69, 9.17) is 9.47 Å².